The summed E-state index contributed by atoms with van der Waals surface area (Å²) in [6, 6.07) is 11.8. The lowest BCUT2D eigenvalue weighted by Gasteiger charge is -2.51. The Morgan fingerprint density at radius 1 is 1.10 bits per heavy atom. The number of anilines is 2. The standard InChI is InChI=1S/C29H28ClF3N4O4/c1-16(2)18-7-5-6-8-20(18)28(27(40)36-22-13-35-24(30)12-19(22)25(38)34-3)14-37(15-28)23-10-9-17(26(39)41-4)11-21(23)29(31,32)33/h5-13,16H,14-15H2,1-4H3,(H,34,38)(H,36,40). The zero-order chi connectivity index (χ0) is 30.1. The average Bonchev–Trinajstić information content (AvgIpc) is 2.92. The van der Waals surface area contributed by atoms with Crippen LogP contribution in [-0.2, 0) is 21.1 Å². The van der Waals surface area contributed by atoms with Crippen molar-refractivity contribution < 1.29 is 32.3 Å². The van der Waals surface area contributed by atoms with Gasteiger partial charge in [0.05, 0.1) is 35.7 Å². The summed E-state index contributed by atoms with van der Waals surface area (Å²) >= 11 is 5.98. The predicted octanol–water partition coefficient (Wildman–Crippen LogP) is 5.42. The Labute approximate surface area is 239 Å². The van der Waals surface area contributed by atoms with Crippen molar-refractivity contribution in [2.45, 2.75) is 31.4 Å². The molecule has 0 saturated carbocycles. The van der Waals surface area contributed by atoms with E-state index >= 15 is 0 Å². The highest BCUT2D eigenvalue weighted by Gasteiger charge is 2.53. The van der Waals surface area contributed by atoms with Crippen molar-refractivity contribution in [1.29, 1.82) is 0 Å². The van der Waals surface area contributed by atoms with E-state index in [2.05, 4.69) is 20.4 Å². The molecule has 1 fully saturated rings. The number of rotatable bonds is 7. The molecular formula is C29H28ClF3N4O4. The number of hydrogen-bond donors (Lipinski definition) is 2. The average molecular weight is 589 g/mol. The van der Waals surface area contributed by atoms with E-state index in [1.807, 2.05) is 26.0 Å². The number of ether oxygens (including phenoxy) is 1. The van der Waals surface area contributed by atoms with Gasteiger partial charge in [0.25, 0.3) is 5.91 Å². The summed E-state index contributed by atoms with van der Waals surface area (Å²) in [7, 11) is 2.51. The normalized spacial score (nSPS) is 14.3. The number of methoxy groups -OCH3 is 1. The molecule has 3 aromatic rings. The number of nitrogens with zero attached hydrogens (tertiary/aromatic N) is 2. The molecule has 1 aliphatic heterocycles. The lowest BCUT2D eigenvalue weighted by atomic mass is 9.69. The fourth-order valence-electron chi connectivity index (χ4n) is 5.03. The number of pyridine rings is 1. The number of carbonyl (C=O) groups is 3. The fraction of sp³-hybridized carbons (Fsp3) is 0.310. The van der Waals surface area contributed by atoms with Crippen LogP contribution in [0.3, 0.4) is 0 Å². The molecule has 0 bridgehead atoms. The van der Waals surface area contributed by atoms with E-state index in [4.69, 9.17) is 11.6 Å². The number of halogens is 4. The quantitative estimate of drug-likeness (QED) is 0.282. The first-order valence-electron chi connectivity index (χ1n) is 12.7. The van der Waals surface area contributed by atoms with Crippen LogP contribution in [0.25, 0.3) is 0 Å². The van der Waals surface area contributed by atoms with Gasteiger partial charge in [0.2, 0.25) is 5.91 Å². The summed E-state index contributed by atoms with van der Waals surface area (Å²) in [6.45, 7) is 3.72. The molecule has 2 aromatic carbocycles. The van der Waals surface area contributed by atoms with Crippen molar-refractivity contribution in [3.05, 3.63) is 87.7 Å². The Hall–Kier alpha value is -4.12. The topological polar surface area (TPSA) is 101 Å². The molecule has 0 radical (unpaired) electrons. The molecule has 4 rings (SSSR count). The number of benzene rings is 2. The lowest BCUT2D eigenvalue weighted by Crippen LogP contribution is -2.66. The molecule has 0 aliphatic carbocycles. The summed E-state index contributed by atoms with van der Waals surface area (Å²) in [4.78, 5) is 43.9. The van der Waals surface area contributed by atoms with Gasteiger partial charge in [0.15, 0.2) is 0 Å². The van der Waals surface area contributed by atoms with E-state index in [0.29, 0.717) is 5.56 Å². The first-order chi connectivity index (χ1) is 19.3. The SMILES string of the molecule is CNC(=O)c1cc(Cl)ncc1NC(=O)C1(c2ccccc2C(C)C)CN(c2ccc(C(=O)OC)cc2C(F)(F)F)C1. The number of amides is 2. The van der Waals surface area contributed by atoms with Crippen LogP contribution < -0.4 is 15.5 Å². The summed E-state index contributed by atoms with van der Waals surface area (Å²) < 4.78 is 46.9. The van der Waals surface area contributed by atoms with E-state index in [-0.39, 0.29) is 46.7 Å². The predicted molar refractivity (Wildman–Crippen MR) is 148 cm³/mol. The monoisotopic (exact) mass is 588 g/mol. The Balaban J connectivity index is 1.79. The van der Waals surface area contributed by atoms with Gasteiger partial charge in [-0.3, -0.25) is 9.59 Å². The van der Waals surface area contributed by atoms with Crippen molar-refractivity contribution in [3.8, 4) is 0 Å². The van der Waals surface area contributed by atoms with Crippen molar-refractivity contribution in [3.63, 3.8) is 0 Å². The minimum Gasteiger partial charge on any atom is -0.465 e. The van der Waals surface area contributed by atoms with Gasteiger partial charge in [0.1, 0.15) is 10.6 Å². The molecule has 1 saturated heterocycles. The molecule has 1 aliphatic rings. The first-order valence-corrected chi connectivity index (χ1v) is 13.0. The highest BCUT2D eigenvalue weighted by atomic mass is 35.5. The van der Waals surface area contributed by atoms with Gasteiger partial charge in [-0.05, 0) is 41.3 Å². The van der Waals surface area contributed by atoms with Gasteiger partial charge in [-0.1, -0.05) is 49.7 Å². The molecule has 8 nitrogen and oxygen atoms in total. The maximum atomic E-state index is 14.1. The highest BCUT2D eigenvalue weighted by molar-refractivity contribution is 6.30. The van der Waals surface area contributed by atoms with Crippen molar-refractivity contribution >= 4 is 40.8 Å². The number of nitrogens with one attached hydrogen (secondary N) is 2. The van der Waals surface area contributed by atoms with Gasteiger partial charge in [-0.2, -0.15) is 13.2 Å². The highest BCUT2D eigenvalue weighted by Crippen LogP contribution is 2.46. The second kappa shape index (κ2) is 11.4. The zero-order valence-electron chi connectivity index (χ0n) is 22.7. The smallest absolute Gasteiger partial charge is 0.418 e. The fourth-order valence-corrected chi connectivity index (χ4v) is 5.18. The van der Waals surface area contributed by atoms with Crippen LogP contribution in [0.4, 0.5) is 24.5 Å². The molecule has 12 heteroatoms. The van der Waals surface area contributed by atoms with Crippen LogP contribution in [0.5, 0.6) is 0 Å². The van der Waals surface area contributed by atoms with Crippen LogP contribution >= 0.6 is 11.6 Å². The summed E-state index contributed by atoms with van der Waals surface area (Å²) in [5.74, 6) is -1.91. The molecule has 0 unspecified atom stereocenters. The molecule has 216 valence electrons. The van der Waals surface area contributed by atoms with Gasteiger partial charge in [-0.15, -0.1) is 0 Å². The first kappa shape index (κ1) is 29.9. The minimum atomic E-state index is -4.77. The van der Waals surface area contributed by atoms with Crippen LogP contribution in [-0.4, -0.2) is 50.0 Å². The van der Waals surface area contributed by atoms with Crippen molar-refractivity contribution in [1.82, 2.24) is 10.3 Å². The third-order valence-electron chi connectivity index (χ3n) is 7.11. The maximum absolute atomic E-state index is 14.1. The lowest BCUT2D eigenvalue weighted by molar-refractivity contribution is -0.137. The molecule has 2 heterocycles. The summed E-state index contributed by atoms with van der Waals surface area (Å²) in [5, 5.41) is 5.31. The molecule has 0 spiro atoms. The van der Waals surface area contributed by atoms with Gasteiger partial charge < -0.3 is 20.3 Å². The Morgan fingerprint density at radius 2 is 1.78 bits per heavy atom. The van der Waals surface area contributed by atoms with Crippen molar-refractivity contribution in [2.24, 2.45) is 0 Å². The molecule has 2 amide bonds. The van der Waals surface area contributed by atoms with E-state index in [1.54, 1.807) is 12.1 Å². The maximum Gasteiger partial charge on any atom is 0.418 e. The number of alkyl halides is 3. The van der Waals surface area contributed by atoms with Gasteiger partial charge >= 0.3 is 12.1 Å². The van der Waals surface area contributed by atoms with Crippen LogP contribution in [0, 0.1) is 0 Å². The minimum absolute atomic E-state index is 0.00799. The Morgan fingerprint density at radius 3 is 2.39 bits per heavy atom. The van der Waals surface area contributed by atoms with E-state index in [0.717, 1.165) is 18.7 Å². The Bertz CT molecular complexity index is 1500. The van der Waals surface area contributed by atoms with Crippen LogP contribution in [0.15, 0.2) is 54.7 Å². The third-order valence-corrected chi connectivity index (χ3v) is 7.32. The van der Waals surface area contributed by atoms with E-state index in [1.165, 1.54) is 36.3 Å². The third kappa shape index (κ3) is 5.72. The molecule has 0 atom stereocenters. The van der Waals surface area contributed by atoms with E-state index in [9.17, 15) is 27.6 Å². The number of carbonyl (C=O) groups excluding carboxylic acids is 3. The van der Waals surface area contributed by atoms with E-state index < -0.39 is 34.9 Å². The number of esters is 1. The molecule has 1 aromatic heterocycles. The van der Waals surface area contributed by atoms with Crippen LogP contribution in [0.1, 0.15) is 57.2 Å². The zero-order valence-corrected chi connectivity index (χ0v) is 23.5. The largest absolute Gasteiger partial charge is 0.465 e. The molecule has 2 N–H and O–H groups in total. The van der Waals surface area contributed by atoms with Crippen LogP contribution in [0.2, 0.25) is 5.15 Å². The molecule has 41 heavy (non-hydrogen) atoms. The van der Waals surface area contributed by atoms with Gasteiger partial charge in [-0.25, -0.2) is 9.78 Å². The summed E-state index contributed by atoms with van der Waals surface area (Å²) in [6.07, 6.45) is -3.51. The second-order valence-corrected chi connectivity index (χ2v) is 10.4. The molecular weight excluding hydrogens is 561 g/mol. The number of hydrogen-bond acceptors (Lipinski definition) is 6. The Kier molecular flexibility index (Phi) is 8.30. The second-order valence-electron chi connectivity index (χ2n) is 9.99. The van der Waals surface area contributed by atoms with Crippen molar-refractivity contribution in [2.75, 3.05) is 37.5 Å². The van der Waals surface area contributed by atoms with Gasteiger partial charge in [0, 0.05) is 25.8 Å². The number of aromatic nitrogens is 1. The summed E-state index contributed by atoms with van der Waals surface area (Å²) in [5.41, 5.74) is -0.990.